The van der Waals surface area contributed by atoms with Gasteiger partial charge in [-0.25, -0.2) is 9.48 Å². The smallest absolute Gasteiger partial charge is 0.331 e. The van der Waals surface area contributed by atoms with Gasteiger partial charge < -0.3 is 14.8 Å². The molecule has 8 nitrogen and oxygen atoms in total. The van der Waals surface area contributed by atoms with E-state index < -0.39 is 18.4 Å². The van der Waals surface area contributed by atoms with Crippen LogP contribution in [0.15, 0.2) is 91.1 Å². The summed E-state index contributed by atoms with van der Waals surface area (Å²) in [7, 11) is 0. The van der Waals surface area contributed by atoms with Gasteiger partial charge in [0.25, 0.3) is 5.91 Å². The summed E-state index contributed by atoms with van der Waals surface area (Å²) in [5, 5.41) is 7.35. The van der Waals surface area contributed by atoms with Crippen molar-refractivity contribution in [2.24, 2.45) is 0 Å². The second-order valence-electron chi connectivity index (χ2n) is 7.99. The van der Waals surface area contributed by atoms with Crippen molar-refractivity contribution in [3.8, 4) is 22.7 Å². The molecule has 1 aliphatic heterocycles. The van der Waals surface area contributed by atoms with E-state index in [-0.39, 0.29) is 12.5 Å². The van der Waals surface area contributed by atoms with Gasteiger partial charge in [0.15, 0.2) is 19.0 Å². The maximum absolute atomic E-state index is 12.5. The van der Waals surface area contributed by atoms with Crippen LogP contribution in [0.4, 0.5) is 5.69 Å². The molecule has 36 heavy (non-hydrogen) atoms. The second-order valence-corrected chi connectivity index (χ2v) is 7.99. The van der Waals surface area contributed by atoms with Crippen LogP contribution in [0.25, 0.3) is 23.0 Å². The number of carbonyl (C=O) groups excluding carboxylic acids is 3. The summed E-state index contributed by atoms with van der Waals surface area (Å²) in [6.07, 6.45) is 4.72. The SMILES string of the molecule is O=C1COc2ccc(C(=O)COC(=O)C=Cc3cn(-c4ccccc4)nc3-c3ccccc3)cc2N1. The number of amides is 1. The zero-order valence-electron chi connectivity index (χ0n) is 19.1. The number of para-hydroxylation sites is 1. The number of rotatable bonds is 7. The van der Waals surface area contributed by atoms with E-state index in [1.807, 2.05) is 66.9 Å². The first kappa shape index (κ1) is 22.8. The monoisotopic (exact) mass is 479 g/mol. The van der Waals surface area contributed by atoms with Crippen LogP contribution in [-0.4, -0.2) is 40.7 Å². The lowest BCUT2D eigenvalue weighted by Gasteiger charge is -2.18. The molecule has 1 amide bonds. The highest BCUT2D eigenvalue weighted by Crippen LogP contribution is 2.29. The first-order valence-corrected chi connectivity index (χ1v) is 11.2. The van der Waals surface area contributed by atoms with Gasteiger partial charge in [0, 0.05) is 29.0 Å². The molecule has 2 heterocycles. The molecule has 8 heteroatoms. The molecule has 0 atom stereocenters. The molecule has 1 aliphatic rings. The fourth-order valence-electron chi connectivity index (χ4n) is 3.73. The first-order valence-electron chi connectivity index (χ1n) is 11.2. The Morgan fingerprint density at radius 2 is 1.78 bits per heavy atom. The average molecular weight is 479 g/mol. The number of hydrogen-bond donors (Lipinski definition) is 1. The molecule has 5 rings (SSSR count). The summed E-state index contributed by atoms with van der Waals surface area (Å²) in [6, 6.07) is 24.0. The van der Waals surface area contributed by atoms with E-state index in [2.05, 4.69) is 5.32 Å². The van der Waals surface area contributed by atoms with Gasteiger partial charge in [0.05, 0.1) is 17.1 Å². The van der Waals surface area contributed by atoms with Gasteiger partial charge in [0.1, 0.15) is 5.75 Å². The molecule has 0 fully saturated rings. The quantitative estimate of drug-likeness (QED) is 0.241. The van der Waals surface area contributed by atoms with E-state index in [0.29, 0.717) is 22.7 Å². The van der Waals surface area contributed by atoms with Gasteiger partial charge in [0.2, 0.25) is 0 Å². The van der Waals surface area contributed by atoms with Crippen LogP contribution in [-0.2, 0) is 14.3 Å². The molecular formula is C28H21N3O5. The van der Waals surface area contributed by atoms with Gasteiger partial charge in [-0.2, -0.15) is 5.10 Å². The first-order chi connectivity index (χ1) is 17.6. The molecular weight excluding hydrogens is 458 g/mol. The lowest BCUT2D eigenvalue weighted by molar-refractivity contribution is -0.136. The van der Waals surface area contributed by atoms with E-state index in [9.17, 15) is 14.4 Å². The highest BCUT2D eigenvalue weighted by Gasteiger charge is 2.18. The minimum Gasteiger partial charge on any atom is -0.482 e. The molecule has 0 saturated carbocycles. The minimum absolute atomic E-state index is 0.0690. The number of aromatic nitrogens is 2. The highest BCUT2D eigenvalue weighted by molar-refractivity contribution is 6.02. The van der Waals surface area contributed by atoms with Gasteiger partial charge in [-0.15, -0.1) is 0 Å². The molecule has 0 spiro atoms. The molecule has 178 valence electrons. The molecule has 1 N–H and O–H groups in total. The van der Waals surface area contributed by atoms with Crippen molar-refractivity contribution < 1.29 is 23.9 Å². The Bertz CT molecular complexity index is 1460. The molecule has 0 saturated heterocycles. The van der Waals surface area contributed by atoms with Crippen molar-refractivity contribution >= 4 is 29.4 Å². The number of fused-ring (bicyclic) bond motifs is 1. The number of ketones is 1. The summed E-state index contributed by atoms with van der Waals surface area (Å²) < 4.78 is 12.2. The molecule has 3 aromatic carbocycles. The lowest BCUT2D eigenvalue weighted by atomic mass is 10.1. The van der Waals surface area contributed by atoms with Crippen molar-refractivity contribution in [3.63, 3.8) is 0 Å². The van der Waals surface area contributed by atoms with E-state index in [4.69, 9.17) is 14.6 Å². The van der Waals surface area contributed by atoms with Crippen LogP contribution < -0.4 is 10.1 Å². The van der Waals surface area contributed by atoms with E-state index in [1.165, 1.54) is 12.1 Å². The van der Waals surface area contributed by atoms with Gasteiger partial charge >= 0.3 is 5.97 Å². The Kier molecular flexibility index (Phi) is 6.40. The molecule has 0 bridgehead atoms. The summed E-state index contributed by atoms with van der Waals surface area (Å²) in [5.41, 5.74) is 3.92. The Labute approximate surface area is 206 Å². The van der Waals surface area contributed by atoms with Gasteiger partial charge in [-0.3, -0.25) is 9.59 Å². The second kappa shape index (κ2) is 10.1. The number of Topliss-reactive ketones (excluding diaryl/α,β-unsaturated/α-hetero) is 1. The summed E-state index contributed by atoms with van der Waals surface area (Å²) in [4.78, 5) is 36.4. The van der Waals surface area contributed by atoms with E-state index in [0.717, 1.165) is 16.8 Å². The fourth-order valence-corrected chi connectivity index (χ4v) is 3.73. The molecule has 0 aliphatic carbocycles. The number of hydrogen-bond acceptors (Lipinski definition) is 6. The van der Waals surface area contributed by atoms with Crippen LogP contribution in [0.3, 0.4) is 0 Å². The fraction of sp³-hybridized carbons (Fsp3) is 0.0714. The summed E-state index contributed by atoms with van der Waals surface area (Å²) in [6.45, 7) is -0.508. The average Bonchev–Trinajstić information content (AvgIpc) is 3.35. The van der Waals surface area contributed by atoms with Crippen molar-refractivity contribution in [2.75, 3.05) is 18.5 Å². The number of nitrogens with zero attached hydrogens (tertiary/aromatic N) is 2. The van der Waals surface area contributed by atoms with Crippen LogP contribution in [0.5, 0.6) is 5.75 Å². The maximum Gasteiger partial charge on any atom is 0.331 e. The normalized spacial score (nSPS) is 12.5. The third kappa shape index (κ3) is 5.07. The van der Waals surface area contributed by atoms with Crippen molar-refractivity contribution in [1.29, 1.82) is 0 Å². The van der Waals surface area contributed by atoms with Crippen molar-refractivity contribution in [1.82, 2.24) is 9.78 Å². The third-order valence-electron chi connectivity index (χ3n) is 5.49. The van der Waals surface area contributed by atoms with Crippen LogP contribution >= 0.6 is 0 Å². The van der Waals surface area contributed by atoms with Crippen LogP contribution in [0, 0.1) is 0 Å². The van der Waals surface area contributed by atoms with Crippen molar-refractivity contribution in [3.05, 3.63) is 102 Å². The number of ether oxygens (including phenoxy) is 2. The van der Waals surface area contributed by atoms with E-state index >= 15 is 0 Å². The third-order valence-corrected chi connectivity index (χ3v) is 5.49. The zero-order chi connectivity index (χ0) is 24.9. The molecule has 1 aromatic heterocycles. The standard InChI is InChI=1S/C28H21N3O5/c32-24(20-11-13-25-23(15-20)29-26(33)18-35-25)17-36-27(34)14-12-21-16-31(22-9-5-2-6-10-22)30-28(21)19-7-3-1-4-8-19/h1-16H,17-18H2,(H,29,33). The van der Waals surface area contributed by atoms with Gasteiger partial charge in [-0.05, 0) is 36.4 Å². The Balaban J connectivity index is 1.29. The number of esters is 1. The van der Waals surface area contributed by atoms with Gasteiger partial charge in [-0.1, -0.05) is 48.5 Å². The number of carbonyl (C=O) groups is 3. The largest absolute Gasteiger partial charge is 0.482 e. The Hall–Kier alpha value is -4.98. The minimum atomic E-state index is -0.663. The molecule has 4 aromatic rings. The van der Waals surface area contributed by atoms with Crippen LogP contribution in [0.2, 0.25) is 0 Å². The van der Waals surface area contributed by atoms with Crippen LogP contribution in [0.1, 0.15) is 15.9 Å². The Morgan fingerprint density at radius 3 is 2.56 bits per heavy atom. The number of nitrogens with one attached hydrogen (secondary N) is 1. The molecule has 0 radical (unpaired) electrons. The highest BCUT2D eigenvalue weighted by atomic mass is 16.5. The summed E-state index contributed by atoms with van der Waals surface area (Å²) >= 11 is 0. The van der Waals surface area contributed by atoms with E-state index in [1.54, 1.807) is 22.9 Å². The Morgan fingerprint density at radius 1 is 1.03 bits per heavy atom. The topological polar surface area (TPSA) is 99.5 Å². The maximum atomic E-state index is 12.5. The zero-order valence-corrected chi connectivity index (χ0v) is 19.1. The number of anilines is 1. The summed E-state index contributed by atoms with van der Waals surface area (Å²) in [5.74, 6) is -0.879. The number of benzene rings is 3. The lowest BCUT2D eigenvalue weighted by Crippen LogP contribution is -2.25. The van der Waals surface area contributed by atoms with Crippen molar-refractivity contribution in [2.45, 2.75) is 0 Å². The predicted molar refractivity (Wildman–Crippen MR) is 134 cm³/mol. The predicted octanol–water partition coefficient (Wildman–Crippen LogP) is 4.31. The molecule has 0 unspecified atom stereocenters.